The molecule has 160 valence electrons. The molecule has 29 heavy (non-hydrogen) atoms. The molecule has 7 nitrogen and oxygen atoms in total. The number of likely N-dealkylation sites (tertiary alicyclic amines) is 1. The molecule has 0 radical (unpaired) electrons. The Labute approximate surface area is 166 Å². The van der Waals surface area contributed by atoms with Gasteiger partial charge in [0.05, 0.1) is 23.8 Å². The lowest BCUT2D eigenvalue weighted by Crippen LogP contribution is -2.56. The van der Waals surface area contributed by atoms with E-state index in [0.717, 1.165) is 37.9 Å². The van der Waals surface area contributed by atoms with Gasteiger partial charge >= 0.3 is 12.1 Å². The highest BCUT2D eigenvalue weighted by atomic mass is 19.4. The summed E-state index contributed by atoms with van der Waals surface area (Å²) in [4.78, 5) is 41.8. The van der Waals surface area contributed by atoms with Crippen molar-refractivity contribution < 1.29 is 32.7 Å². The third-order valence-corrected chi connectivity index (χ3v) is 5.05. The average Bonchev–Trinajstić information content (AvgIpc) is 2.99. The molecule has 1 spiro atoms. The fourth-order valence-corrected chi connectivity index (χ4v) is 3.75. The molecule has 0 aromatic carbocycles. The van der Waals surface area contributed by atoms with Crippen molar-refractivity contribution in [2.75, 3.05) is 18.0 Å². The van der Waals surface area contributed by atoms with Gasteiger partial charge in [-0.05, 0) is 37.8 Å². The second-order valence-corrected chi connectivity index (χ2v) is 7.15. The van der Waals surface area contributed by atoms with Crippen LogP contribution < -0.4 is 4.90 Å². The number of amides is 2. The molecule has 1 aromatic heterocycles. The van der Waals surface area contributed by atoms with Crippen LogP contribution in [0.4, 0.5) is 18.9 Å². The highest BCUT2D eigenvalue weighted by Gasteiger charge is 2.50. The normalized spacial score (nSPS) is 21.7. The maximum absolute atomic E-state index is 12.5. The van der Waals surface area contributed by atoms with Gasteiger partial charge in [0.25, 0.3) is 0 Å². The summed E-state index contributed by atoms with van der Waals surface area (Å²) in [5, 5.41) is 7.12. The molecule has 10 heteroatoms. The lowest BCUT2D eigenvalue weighted by Gasteiger charge is -2.44. The Kier molecular flexibility index (Phi) is 7.21. The highest BCUT2D eigenvalue weighted by molar-refractivity contribution is 5.97. The Hall–Kier alpha value is -2.65. The maximum atomic E-state index is 12.5. The number of rotatable bonds is 3. The Balaban J connectivity index is 0.000000370. The Morgan fingerprint density at radius 2 is 2.00 bits per heavy atom. The largest absolute Gasteiger partial charge is 0.490 e. The first kappa shape index (κ1) is 22.6. The second kappa shape index (κ2) is 9.23. The fraction of sp³-hybridized carbons (Fsp3) is 0.579. The van der Waals surface area contributed by atoms with Crippen molar-refractivity contribution in [3.05, 3.63) is 24.5 Å². The Morgan fingerprint density at radius 1 is 1.31 bits per heavy atom. The Morgan fingerprint density at radius 3 is 2.55 bits per heavy atom. The zero-order chi connectivity index (χ0) is 21.7. The lowest BCUT2D eigenvalue weighted by atomic mass is 9.85. The van der Waals surface area contributed by atoms with Crippen molar-refractivity contribution in [1.82, 2.24) is 9.88 Å². The molecule has 0 bridgehead atoms. The summed E-state index contributed by atoms with van der Waals surface area (Å²) < 4.78 is 31.7. The van der Waals surface area contributed by atoms with E-state index in [1.165, 1.54) is 0 Å². The number of aliphatic carboxylic acids is 1. The standard InChI is InChI=1S/C17H23N3O2.C2HF3O2/c1-2-6-15(21)20-10-4-3-8-17(20)11-16(22)19(13-17)14-7-5-9-18-12-14;3-2(4,5)1(6)7/h5,7,9,12H,2-4,6,8,10-11,13H2,1H3;(H,6,7). The summed E-state index contributed by atoms with van der Waals surface area (Å²) in [6.45, 7) is 3.41. The molecule has 1 unspecified atom stereocenters. The maximum Gasteiger partial charge on any atom is 0.490 e. The van der Waals surface area contributed by atoms with Gasteiger partial charge in [-0.15, -0.1) is 0 Å². The summed E-state index contributed by atoms with van der Waals surface area (Å²) >= 11 is 0. The minimum Gasteiger partial charge on any atom is -0.475 e. The number of nitrogens with zero attached hydrogens (tertiary/aromatic N) is 3. The van der Waals surface area contributed by atoms with Gasteiger partial charge in [-0.25, -0.2) is 4.79 Å². The third-order valence-electron chi connectivity index (χ3n) is 5.05. The number of anilines is 1. The quantitative estimate of drug-likeness (QED) is 0.820. The number of hydrogen-bond acceptors (Lipinski definition) is 4. The molecule has 0 saturated carbocycles. The molecule has 3 rings (SSSR count). The minimum atomic E-state index is -5.08. The predicted molar refractivity (Wildman–Crippen MR) is 98.1 cm³/mol. The van der Waals surface area contributed by atoms with Gasteiger partial charge in [0, 0.05) is 25.7 Å². The van der Waals surface area contributed by atoms with Crippen LogP contribution in [0.2, 0.25) is 0 Å². The number of alkyl halides is 3. The third kappa shape index (κ3) is 5.45. The molecule has 0 aliphatic carbocycles. The van der Waals surface area contributed by atoms with Crippen LogP contribution >= 0.6 is 0 Å². The van der Waals surface area contributed by atoms with Gasteiger partial charge in [-0.3, -0.25) is 14.6 Å². The summed E-state index contributed by atoms with van der Waals surface area (Å²) in [7, 11) is 0. The number of carboxylic acids is 1. The van der Waals surface area contributed by atoms with E-state index in [4.69, 9.17) is 9.90 Å². The summed E-state index contributed by atoms with van der Waals surface area (Å²) in [6, 6.07) is 3.75. The molecular formula is C19H24F3N3O4. The predicted octanol–water partition coefficient (Wildman–Crippen LogP) is 3.00. The Bertz CT molecular complexity index is 742. The molecule has 1 atom stereocenters. The van der Waals surface area contributed by atoms with Crippen molar-refractivity contribution in [3.63, 3.8) is 0 Å². The molecule has 2 saturated heterocycles. The zero-order valence-corrected chi connectivity index (χ0v) is 16.1. The first-order valence-corrected chi connectivity index (χ1v) is 9.42. The van der Waals surface area contributed by atoms with Crippen LogP contribution in [0.15, 0.2) is 24.5 Å². The fourth-order valence-electron chi connectivity index (χ4n) is 3.75. The molecule has 2 aliphatic heterocycles. The number of hydrogen-bond donors (Lipinski definition) is 1. The van der Waals surface area contributed by atoms with E-state index < -0.39 is 12.1 Å². The molecular weight excluding hydrogens is 391 g/mol. The first-order chi connectivity index (χ1) is 13.6. The van der Waals surface area contributed by atoms with Crippen LogP contribution in [0.25, 0.3) is 0 Å². The van der Waals surface area contributed by atoms with E-state index in [1.54, 1.807) is 17.3 Å². The molecule has 2 fully saturated rings. The van der Waals surface area contributed by atoms with Crippen LogP contribution in [-0.4, -0.2) is 57.6 Å². The van der Waals surface area contributed by atoms with E-state index in [2.05, 4.69) is 4.98 Å². The van der Waals surface area contributed by atoms with E-state index in [1.807, 2.05) is 24.0 Å². The molecule has 1 N–H and O–H groups in total. The molecule has 3 heterocycles. The monoisotopic (exact) mass is 415 g/mol. The summed E-state index contributed by atoms with van der Waals surface area (Å²) in [5.74, 6) is -2.46. The topological polar surface area (TPSA) is 90.8 Å². The van der Waals surface area contributed by atoms with Gasteiger partial charge in [0.2, 0.25) is 11.8 Å². The number of piperidine rings is 1. The van der Waals surface area contributed by atoms with Gasteiger partial charge < -0.3 is 14.9 Å². The molecule has 2 amide bonds. The van der Waals surface area contributed by atoms with E-state index in [9.17, 15) is 22.8 Å². The number of aromatic nitrogens is 1. The summed E-state index contributed by atoms with van der Waals surface area (Å²) in [5.41, 5.74) is 0.523. The van der Waals surface area contributed by atoms with Gasteiger partial charge in [-0.2, -0.15) is 13.2 Å². The van der Waals surface area contributed by atoms with E-state index in [0.29, 0.717) is 19.4 Å². The van der Waals surface area contributed by atoms with Crippen molar-refractivity contribution in [3.8, 4) is 0 Å². The second-order valence-electron chi connectivity index (χ2n) is 7.15. The van der Waals surface area contributed by atoms with Crippen LogP contribution in [0.5, 0.6) is 0 Å². The van der Waals surface area contributed by atoms with Gasteiger partial charge in [0.15, 0.2) is 0 Å². The van der Waals surface area contributed by atoms with Gasteiger partial charge in [0.1, 0.15) is 0 Å². The number of halogens is 3. The van der Waals surface area contributed by atoms with Crippen molar-refractivity contribution in [2.45, 2.75) is 57.2 Å². The van der Waals surface area contributed by atoms with Crippen molar-refractivity contribution >= 4 is 23.5 Å². The number of carbonyl (C=O) groups excluding carboxylic acids is 2. The zero-order valence-electron chi connectivity index (χ0n) is 16.1. The number of carboxylic acid groups (broad SMARTS) is 1. The van der Waals surface area contributed by atoms with Crippen LogP contribution in [0.1, 0.15) is 45.4 Å². The van der Waals surface area contributed by atoms with E-state index >= 15 is 0 Å². The van der Waals surface area contributed by atoms with Crippen molar-refractivity contribution in [1.29, 1.82) is 0 Å². The molecule has 1 aromatic rings. The van der Waals surface area contributed by atoms with Crippen LogP contribution in [0.3, 0.4) is 0 Å². The average molecular weight is 415 g/mol. The summed E-state index contributed by atoms with van der Waals surface area (Å²) in [6.07, 6.45) is 3.26. The van der Waals surface area contributed by atoms with Gasteiger partial charge in [-0.1, -0.05) is 6.92 Å². The lowest BCUT2D eigenvalue weighted by molar-refractivity contribution is -0.192. The number of carbonyl (C=O) groups is 3. The first-order valence-electron chi connectivity index (χ1n) is 9.42. The smallest absolute Gasteiger partial charge is 0.475 e. The van der Waals surface area contributed by atoms with Crippen LogP contribution in [-0.2, 0) is 14.4 Å². The molecule has 2 aliphatic rings. The minimum absolute atomic E-state index is 0.101. The SMILES string of the molecule is CCCC(=O)N1CCCCC12CC(=O)N(c1cccnc1)C2.O=C(O)C(F)(F)F. The number of pyridine rings is 1. The van der Waals surface area contributed by atoms with Crippen LogP contribution in [0, 0.1) is 0 Å². The highest BCUT2D eigenvalue weighted by Crippen LogP contribution is 2.39. The van der Waals surface area contributed by atoms with E-state index in [-0.39, 0.29) is 17.4 Å². The van der Waals surface area contributed by atoms with Crippen molar-refractivity contribution in [2.24, 2.45) is 0 Å².